The molecule has 25 heavy (non-hydrogen) atoms. The summed E-state index contributed by atoms with van der Waals surface area (Å²) in [5.74, 6) is 2.28. The Labute approximate surface area is 157 Å². The van der Waals surface area contributed by atoms with Crippen LogP contribution in [0.1, 0.15) is 85.3 Å². The Kier molecular flexibility index (Phi) is 6.41. The molecule has 0 aromatic heterocycles. The van der Waals surface area contributed by atoms with Crippen LogP contribution in [0.25, 0.3) is 0 Å². The Morgan fingerprint density at radius 1 is 1.00 bits per heavy atom. The first-order valence-corrected chi connectivity index (χ1v) is 10.3. The van der Waals surface area contributed by atoms with E-state index in [1.54, 1.807) is 0 Å². The van der Waals surface area contributed by atoms with Crippen LogP contribution >= 0.6 is 0 Å². The number of nitrogens with zero attached hydrogens (tertiary/aromatic N) is 1. The highest BCUT2D eigenvalue weighted by Gasteiger charge is 2.31. The molecule has 3 unspecified atom stereocenters. The molecule has 1 fully saturated rings. The van der Waals surface area contributed by atoms with Gasteiger partial charge in [-0.05, 0) is 53.2 Å². The van der Waals surface area contributed by atoms with Crippen molar-refractivity contribution >= 4 is 0 Å². The van der Waals surface area contributed by atoms with Crippen LogP contribution in [-0.4, -0.2) is 24.5 Å². The zero-order valence-corrected chi connectivity index (χ0v) is 18.0. The fourth-order valence-electron chi connectivity index (χ4n) is 4.46. The van der Waals surface area contributed by atoms with E-state index in [4.69, 9.17) is 0 Å². The van der Waals surface area contributed by atoms with Crippen LogP contribution in [0.4, 0.5) is 0 Å². The summed E-state index contributed by atoms with van der Waals surface area (Å²) in [6, 6.07) is 9.45. The summed E-state index contributed by atoms with van der Waals surface area (Å²) < 4.78 is 0. The van der Waals surface area contributed by atoms with Crippen molar-refractivity contribution in [1.82, 2.24) is 4.90 Å². The number of hydrogen-bond acceptors (Lipinski definition) is 1. The smallest absolute Gasteiger partial charge is 0.00534 e. The van der Waals surface area contributed by atoms with E-state index in [2.05, 4.69) is 84.6 Å². The highest BCUT2D eigenvalue weighted by molar-refractivity contribution is 5.30. The topological polar surface area (TPSA) is 3.24 Å². The van der Waals surface area contributed by atoms with E-state index in [0.29, 0.717) is 11.3 Å². The van der Waals surface area contributed by atoms with Crippen LogP contribution in [-0.2, 0) is 5.41 Å². The first kappa shape index (κ1) is 20.5. The molecule has 1 aliphatic rings. The fourth-order valence-corrected chi connectivity index (χ4v) is 4.46. The molecule has 142 valence electrons. The molecule has 0 spiro atoms. The molecule has 0 radical (unpaired) electrons. The normalized spacial score (nSPS) is 23.8. The Bertz CT molecular complexity index is 529. The zero-order chi connectivity index (χ0) is 18.8. The predicted molar refractivity (Wildman–Crippen MR) is 111 cm³/mol. The van der Waals surface area contributed by atoms with Crippen LogP contribution in [0.3, 0.4) is 0 Å². The quantitative estimate of drug-likeness (QED) is 0.591. The Balaban J connectivity index is 1.90. The maximum atomic E-state index is 2.70. The predicted octanol–water partition coefficient (Wildman–Crippen LogP) is 6.48. The lowest BCUT2D eigenvalue weighted by molar-refractivity contribution is 0.252. The SMILES string of the molecule is CC(CCN1CC(C)C(c2ccc(C(C)(C)C)cc2)C1)CC(C)(C)C. The maximum Gasteiger partial charge on any atom is 0.00534 e. The first-order chi connectivity index (χ1) is 11.5. The summed E-state index contributed by atoms with van der Waals surface area (Å²) in [5, 5.41) is 0. The third kappa shape index (κ3) is 6.13. The van der Waals surface area contributed by atoms with Gasteiger partial charge in [0.25, 0.3) is 0 Å². The number of likely N-dealkylation sites (tertiary alicyclic amines) is 1. The van der Waals surface area contributed by atoms with Gasteiger partial charge in [-0.25, -0.2) is 0 Å². The second-order valence-electron chi connectivity index (χ2n) is 10.9. The summed E-state index contributed by atoms with van der Waals surface area (Å²) in [5.41, 5.74) is 3.67. The summed E-state index contributed by atoms with van der Waals surface area (Å²) >= 11 is 0. The number of benzene rings is 1. The minimum atomic E-state index is 0.245. The molecule has 1 heterocycles. The van der Waals surface area contributed by atoms with E-state index in [0.717, 1.165) is 11.8 Å². The Hall–Kier alpha value is -0.820. The minimum Gasteiger partial charge on any atom is -0.302 e. The molecule has 0 saturated carbocycles. The molecule has 0 N–H and O–H groups in total. The highest BCUT2D eigenvalue weighted by Crippen LogP contribution is 2.34. The van der Waals surface area contributed by atoms with Gasteiger partial charge in [-0.15, -0.1) is 0 Å². The Morgan fingerprint density at radius 2 is 1.60 bits per heavy atom. The summed E-state index contributed by atoms with van der Waals surface area (Å²) in [6.07, 6.45) is 2.66. The molecule has 0 aliphatic carbocycles. The van der Waals surface area contributed by atoms with Crippen LogP contribution in [0.5, 0.6) is 0 Å². The van der Waals surface area contributed by atoms with E-state index < -0.39 is 0 Å². The van der Waals surface area contributed by atoms with Crippen LogP contribution in [0.2, 0.25) is 0 Å². The molecule has 1 aromatic rings. The van der Waals surface area contributed by atoms with Crippen molar-refractivity contribution in [2.24, 2.45) is 17.3 Å². The zero-order valence-electron chi connectivity index (χ0n) is 18.0. The van der Waals surface area contributed by atoms with Gasteiger partial charge in [0.2, 0.25) is 0 Å². The van der Waals surface area contributed by atoms with Gasteiger partial charge in [0.1, 0.15) is 0 Å². The van der Waals surface area contributed by atoms with E-state index >= 15 is 0 Å². The second kappa shape index (κ2) is 7.82. The fraction of sp³-hybridized carbons (Fsp3) is 0.750. The van der Waals surface area contributed by atoms with E-state index in [1.165, 1.54) is 43.6 Å². The van der Waals surface area contributed by atoms with Crippen LogP contribution in [0.15, 0.2) is 24.3 Å². The van der Waals surface area contributed by atoms with Crippen molar-refractivity contribution in [2.45, 2.75) is 79.6 Å². The first-order valence-electron chi connectivity index (χ1n) is 10.3. The van der Waals surface area contributed by atoms with Gasteiger partial charge in [0.15, 0.2) is 0 Å². The van der Waals surface area contributed by atoms with E-state index in [-0.39, 0.29) is 5.41 Å². The second-order valence-corrected chi connectivity index (χ2v) is 10.9. The standard InChI is InChI=1S/C24H41N/c1-18(15-23(3,4)5)13-14-25-16-19(2)22(17-25)20-9-11-21(12-10-20)24(6,7)8/h9-12,18-19,22H,13-17H2,1-8H3. The average molecular weight is 344 g/mol. The molecule has 1 aromatic carbocycles. The van der Waals surface area contributed by atoms with Gasteiger partial charge < -0.3 is 4.90 Å². The molecule has 3 atom stereocenters. The van der Waals surface area contributed by atoms with Crippen molar-refractivity contribution < 1.29 is 0 Å². The van der Waals surface area contributed by atoms with Gasteiger partial charge >= 0.3 is 0 Å². The highest BCUT2D eigenvalue weighted by atomic mass is 15.1. The average Bonchev–Trinajstić information content (AvgIpc) is 2.84. The lowest BCUT2D eigenvalue weighted by Crippen LogP contribution is -2.24. The number of rotatable bonds is 5. The van der Waals surface area contributed by atoms with Crippen molar-refractivity contribution in [2.75, 3.05) is 19.6 Å². The van der Waals surface area contributed by atoms with Crippen molar-refractivity contribution in [3.63, 3.8) is 0 Å². The van der Waals surface area contributed by atoms with E-state index in [9.17, 15) is 0 Å². The van der Waals surface area contributed by atoms with Gasteiger partial charge in [-0.1, -0.05) is 79.7 Å². The number of hydrogen-bond donors (Lipinski definition) is 0. The molecule has 1 nitrogen and oxygen atoms in total. The Morgan fingerprint density at radius 3 is 2.12 bits per heavy atom. The third-order valence-electron chi connectivity index (χ3n) is 5.79. The largest absolute Gasteiger partial charge is 0.302 e. The molecule has 0 bridgehead atoms. The summed E-state index contributed by atoms with van der Waals surface area (Å²) in [7, 11) is 0. The van der Waals surface area contributed by atoms with Gasteiger partial charge in [0.05, 0.1) is 0 Å². The molecule has 2 rings (SSSR count). The van der Waals surface area contributed by atoms with Crippen molar-refractivity contribution in [3.05, 3.63) is 35.4 Å². The van der Waals surface area contributed by atoms with Crippen molar-refractivity contribution in [1.29, 1.82) is 0 Å². The molecular weight excluding hydrogens is 302 g/mol. The van der Waals surface area contributed by atoms with Crippen LogP contribution in [0, 0.1) is 17.3 Å². The monoisotopic (exact) mass is 343 g/mol. The molecule has 1 aliphatic heterocycles. The molecule has 1 saturated heterocycles. The van der Waals surface area contributed by atoms with Crippen LogP contribution < -0.4 is 0 Å². The molecular formula is C24H41N. The van der Waals surface area contributed by atoms with Crippen molar-refractivity contribution in [3.8, 4) is 0 Å². The lowest BCUT2D eigenvalue weighted by Gasteiger charge is -2.25. The minimum absolute atomic E-state index is 0.245. The maximum absolute atomic E-state index is 2.70. The summed E-state index contributed by atoms with van der Waals surface area (Å²) in [4.78, 5) is 2.70. The van der Waals surface area contributed by atoms with Gasteiger partial charge in [-0.2, -0.15) is 0 Å². The molecule has 1 heteroatoms. The third-order valence-corrected chi connectivity index (χ3v) is 5.79. The summed E-state index contributed by atoms with van der Waals surface area (Å²) in [6.45, 7) is 22.6. The van der Waals surface area contributed by atoms with E-state index in [1.807, 2.05) is 0 Å². The lowest BCUT2D eigenvalue weighted by atomic mass is 9.84. The molecule has 0 amide bonds. The van der Waals surface area contributed by atoms with Gasteiger partial charge in [0, 0.05) is 19.0 Å². The van der Waals surface area contributed by atoms with Gasteiger partial charge in [-0.3, -0.25) is 0 Å².